The predicted molar refractivity (Wildman–Crippen MR) is 93.2 cm³/mol. The SMILES string of the molecule is Nc1cc(Nc2ncc(F)c3nc(N4CCCCC4)sc23)ncn1. The zero-order valence-corrected chi connectivity index (χ0v) is 13.7. The lowest BCUT2D eigenvalue weighted by molar-refractivity contribution is 0.576. The van der Waals surface area contributed by atoms with Crippen LogP contribution in [0.1, 0.15) is 19.3 Å². The number of nitrogen functional groups attached to an aromatic ring is 1. The number of nitrogens with two attached hydrogens (primary N) is 1. The Hall–Kier alpha value is -2.55. The Kier molecular flexibility index (Phi) is 3.85. The molecule has 7 nitrogen and oxygen atoms in total. The van der Waals surface area contributed by atoms with Gasteiger partial charge in [0.15, 0.2) is 16.8 Å². The second-order valence-electron chi connectivity index (χ2n) is 5.63. The van der Waals surface area contributed by atoms with E-state index >= 15 is 0 Å². The van der Waals surface area contributed by atoms with Gasteiger partial charge in [0.25, 0.3) is 0 Å². The number of fused-ring (bicyclic) bond motifs is 1. The second kappa shape index (κ2) is 6.16. The van der Waals surface area contributed by atoms with Gasteiger partial charge in [-0.15, -0.1) is 0 Å². The number of pyridine rings is 1. The molecule has 24 heavy (non-hydrogen) atoms. The van der Waals surface area contributed by atoms with E-state index in [4.69, 9.17) is 5.73 Å². The van der Waals surface area contributed by atoms with E-state index in [2.05, 4.69) is 30.2 Å². The average molecular weight is 345 g/mol. The lowest BCUT2D eigenvalue weighted by Crippen LogP contribution is -2.29. The van der Waals surface area contributed by atoms with Crippen molar-refractivity contribution in [1.29, 1.82) is 0 Å². The van der Waals surface area contributed by atoms with E-state index in [1.54, 1.807) is 6.07 Å². The summed E-state index contributed by atoms with van der Waals surface area (Å²) in [4.78, 5) is 18.8. The Morgan fingerprint density at radius 1 is 1.17 bits per heavy atom. The maximum atomic E-state index is 14.1. The van der Waals surface area contributed by atoms with Crippen molar-refractivity contribution in [3.63, 3.8) is 0 Å². The molecule has 0 aromatic carbocycles. The van der Waals surface area contributed by atoms with Crippen molar-refractivity contribution < 1.29 is 4.39 Å². The fraction of sp³-hybridized carbons (Fsp3) is 0.333. The number of rotatable bonds is 3. The summed E-state index contributed by atoms with van der Waals surface area (Å²) >= 11 is 1.44. The van der Waals surface area contributed by atoms with Gasteiger partial charge in [-0.3, -0.25) is 0 Å². The number of anilines is 4. The number of aromatic nitrogens is 4. The molecule has 0 radical (unpaired) electrons. The number of nitrogens with one attached hydrogen (secondary N) is 1. The first-order chi connectivity index (χ1) is 11.7. The fourth-order valence-corrected chi connectivity index (χ4v) is 3.82. The molecule has 0 bridgehead atoms. The van der Waals surface area contributed by atoms with Crippen LogP contribution in [0.2, 0.25) is 0 Å². The van der Waals surface area contributed by atoms with Gasteiger partial charge < -0.3 is 16.0 Å². The molecule has 0 unspecified atom stereocenters. The molecular formula is C15H16FN7S. The topological polar surface area (TPSA) is 92.8 Å². The molecule has 3 N–H and O–H groups in total. The molecule has 4 rings (SSSR count). The maximum Gasteiger partial charge on any atom is 0.186 e. The highest BCUT2D eigenvalue weighted by Gasteiger charge is 2.19. The van der Waals surface area contributed by atoms with Gasteiger partial charge in [-0.25, -0.2) is 24.3 Å². The minimum atomic E-state index is -0.419. The summed E-state index contributed by atoms with van der Waals surface area (Å²) < 4.78 is 14.8. The van der Waals surface area contributed by atoms with Crippen molar-refractivity contribution >= 4 is 44.1 Å². The average Bonchev–Trinajstić information content (AvgIpc) is 3.05. The van der Waals surface area contributed by atoms with E-state index in [1.165, 1.54) is 30.3 Å². The van der Waals surface area contributed by atoms with Crippen LogP contribution in [-0.4, -0.2) is 33.0 Å². The van der Waals surface area contributed by atoms with Gasteiger partial charge in [0.2, 0.25) is 0 Å². The molecular weight excluding hydrogens is 329 g/mol. The van der Waals surface area contributed by atoms with Gasteiger partial charge in [-0.1, -0.05) is 11.3 Å². The molecule has 0 aliphatic carbocycles. The summed E-state index contributed by atoms with van der Waals surface area (Å²) in [6.07, 6.45) is 6.06. The zero-order valence-electron chi connectivity index (χ0n) is 12.9. The summed E-state index contributed by atoms with van der Waals surface area (Å²) in [5.74, 6) is 0.961. The van der Waals surface area contributed by atoms with Gasteiger partial charge in [0.05, 0.1) is 6.20 Å². The Morgan fingerprint density at radius 2 is 2.00 bits per heavy atom. The van der Waals surface area contributed by atoms with Crippen LogP contribution in [-0.2, 0) is 0 Å². The monoisotopic (exact) mass is 345 g/mol. The molecule has 124 valence electrons. The largest absolute Gasteiger partial charge is 0.384 e. The molecule has 1 saturated heterocycles. The Labute approximate surface area is 141 Å². The van der Waals surface area contributed by atoms with E-state index in [0.717, 1.165) is 31.1 Å². The third kappa shape index (κ3) is 2.82. The Balaban J connectivity index is 1.73. The highest BCUT2D eigenvalue weighted by atomic mass is 32.1. The number of halogens is 1. The molecule has 4 heterocycles. The number of thiazole rings is 1. The van der Waals surface area contributed by atoms with Gasteiger partial charge >= 0.3 is 0 Å². The smallest absolute Gasteiger partial charge is 0.186 e. The molecule has 1 aliphatic heterocycles. The lowest BCUT2D eigenvalue weighted by atomic mass is 10.1. The van der Waals surface area contributed by atoms with E-state index < -0.39 is 5.82 Å². The minimum absolute atomic E-state index is 0.333. The third-order valence-corrected chi connectivity index (χ3v) is 5.05. The standard InChI is InChI=1S/C15H16FN7S/c16-9-7-18-14(21-11-6-10(17)19-8-20-11)13-12(9)22-15(24-13)23-4-2-1-3-5-23/h6-8H,1-5H2,(H3,17,18,19,20,21). The van der Waals surface area contributed by atoms with Crippen LogP contribution in [0.3, 0.4) is 0 Å². The summed E-state index contributed by atoms with van der Waals surface area (Å²) in [5, 5.41) is 3.91. The number of hydrogen-bond acceptors (Lipinski definition) is 8. The minimum Gasteiger partial charge on any atom is -0.384 e. The summed E-state index contributed by atoms with van der Waals surface area (Å²) in [6.45, 7) is 1.92. The van der Waals surface area contributed by atoms with Crippen LogP contribution >= 0.6 is 11.3 Å². The van der Waals surface area contributed by atoms with E-state index in [1.807, 2.05) is 0 Å². The molecule has 1 fully saturated rings. The van der Waals surface area contributed by atoms with Crippen LogP contribution < -0.4 is 16.0 Å². The fourth-order valence-electron chi connectivity index (χ4n) is 2.74. The Morgan fingerprint density at radius 3 is 2.79 bits per heavy atom. The van der Waals surface area contributed by atoms with Crippen LogP contribution in [0, 0.1) is 5.82 Å². The first-order valence-electron chi connectivity index (χ1n) is 7.75. The van der Waals surface area contributed by atoms with Crippen molar-refractivity contribution in [3.8, 4) is 0 Å². The predicted octanol–water partition coefficient (Wildman–Crippen LogP) is 2.94. The van der Waals surface area contributed by atoms with Gasteiger partial charge in [-0.05, 0) is 19.3 Å². The van der Waals surface area contributed by atoms with Crippen molar-refractivity contribution in [2.75, 3.05) is 29.0 Å². The van der Waals surface area contributed by atoms with Crippen LogP contribution in [0.25, 0.3) is 10.2 Å². The van der Waals surface area contributed by atoms with E-state index in [0.29, 0.717) is 27.7 Å². The molecule has 0 amide bonds. The molecule has 0 saturated carbocycles. The van der Waals surface area contributed by atoms with Crippen LogP contribution in [0.15, 0.2) is 18.6 Å². The molecule has 1 aliphatic rings. The molecule has 3 aromatic heterocycles. The second-order valence-corrected chi connectivity index (χ2v) is 6.61. The summed E-state index contributed by atoms with van der Waals surface area (Å²) in [6, 6.07) is 1.60. The molecule has 3 aromatic rings. The van der Waals surface area contributed by atoms with Crippen molar-refractivity contribution in [2.24, 2.45) is 0 Å². The number of nitrogens with zero attached hydrogens (tertiary/aromatic N) is 5. The quantitative estimate of drug-likeness (QED) is 0.754. The highest BCUT2D eigenvalue weighted by molar-refractivity contribution is 7.22. The molecule has 9 heteroatoms. The van der Waals surface area contributed by atoms with Crippen molar-refractivity contribution in [1.82, 2.24) is 19.9 Å². The summed E-state index contributed by atoms with van der Waals surface area (Å²) in [7, 11) is 0. The van der Waals surface area contributed by atoms with Crippen molar-refractivity contribution in [2.45, 2.75) is 19.3 Å². The van der Waals surface area contributed by atoms with Gasteiger partial charge in [0, 0.05) is 19.2 Å². The zero-order chi connectivity index (χ0) is 16.5. The first kappa shape index (κ1) is 15.0. The summed E-state index contributed by atoms with van der Waals surface area (Å²) in [5.41, 5.74) is 6.00. The van der Waals surface area contributed by atoms with E-state index in [-0.39, 0.29) is 0 Å². The number of hydrogen-bond donors (Lipinski definition) is 2. The van der Waals surface area contributed by atoms with Crippen LogP contribution in [0.4, 0.5) is 27.0 Å². The third-order valence-electron chi connectivity index (χ3n) is 3.93. The Bertz CT molecular complexity index is 875. The van der Waals surface area contributed by atoms with E-state index in [9.17, 15) is 4.39 Å². The lowest BCUT2D eigenvalue weighted by Gasteiger charge is -2.25. The molecule has 0 atom stereocenters. The van der Waals surface area contributed by atoms with Gasteiger partial charge in [-0.2, -0.15) is 0 Å². The normalized spacial score (nSPS) is 15.0. The highest BCUT2D eigenvalue weighted by Crippen LogP contribution is 2.36. The van der Waals surface area contributed by atoms with Crippen molar-refractivity contribution in [3.05, 3.63) is 24.4 Å². The first-order valence-corrected chi connectivity index (χ1v) is 8.57. The number of piperidine rings is 1. The maximum absolute atomic E-state index is 14.1. The molecule has 0 spiro atoms. The van der Waals surface area contributed by atoms with Crippen LogP contribution in [0.5, 0.6) is 0 Å². The van der Waals surface area contributed by atoms with Gasteiger partial charge in [0.1, 0.15) is 28.2 Å².